The molecule has 11 N–H and O–H groups in total. The molecule has 0 amide bonds. The van der Waals surface area contributed by atoms with Gasteiger partial charge in [-0.25, -0.2) is 39.9 Å². The van der Waals surface area contributed by atoms with Gasteiger partial charge >= 0.3 is 102 Å². The standard InChI is InChI=1S/C10H7ClN2.C8H4ClIN2.2C8H6ClN3.C7H4ClNO3.C7H6ClNO2.C7H6ClNO.C5H13NO2.3C4H9.C2H3.CH5N3.CH4.Fe.Sn/c1-2-10-12-6-7-8(11)4-3-5-9(7)13-10;3*9-6-2-1-3-7-5(6)4-11-8(10)12-7;8-6-2-1-3-7(9(11)12)5(6)4-10;1-5-6(8)3-2-4-7(5)9(10)11;8-6-2-1-3-7(9)5(6)4-10;1-6(2)5(7-3)8-4;3*1-3-4-2;1-2;2-1(3)4;;;/h2-6H,1H2;1-4H;2*1-4H,(H2,10,11,12);1-4H;2-4H,1H3;1-4H,9H2;5H,1-4H3;3*1,3-4H2,2H3;1H,2H2;(H5,2,3,4);1H4;;. The summed E-state index contributed by atoms with van der Waals surface area (Å²) in [7, 11) is 6.98. The van der Waals surface area contributed by atoms with Crippen LogP contribution in [0.2, 0.25) is 48.5 Å². The number of nitro benzene ring substituents is 2. The third-order valence-corrected chi connectivity index (χ3v) is 31.8. The average molecular weight is 1920 g/mol. The Bertz CT molecular complexity index is 4520. The van der Waals surface area contributed by atoms with Gasteiger partial charge in [-0.1, -0.05) is 138 Å². The molecular weight excluding hydrogens is 1830 g/mol. The summed E-state index contributed by atoms with van der Waals surface area (Å²) in [5, 5.41) is 33.7. The van der Waals surface area contributed by atoms with E-state index in [1.165, 1.54) is 62.8 Å². The summed E-state index contributed by atoms with van der Waals surface area (Å²) in [6, 6.07) is 35.8. The van der Waals surface area contributed by atoms with E-state index in [2.05, 4.69) is 112 Å². The van der Waals surface area contributed by atoms with Gasteiger partial charge < -0.3 is 38.1 Å². The Hall–Kier alpha value is -7.85. The fourth-order valence-electron chi connectivity index (χ4n) is 9.26. The number of nitrogens with one attached hydrogen (secondary N) is 1. The summed E-state index contributed by atoms with van der Waals surface area (Å²) in [6.45, 7) is 16.4. The van der Waals surface area contributed by atoms with Crippen molar-refractivity contribution in [2.24, 2.45) is 11.5 Å². The zero-order chi connectivity index (χ0) is 81.8. The molecule has 0 aliphatic rings. The molecule has 35 heteroatoms. The minimum atomic E-state index is -1.85. The number of guanidine groups is 1. The normalized spacial score (nSPS) is 10.0. The number of methoxy groups -OCH3 is 2. The van der Waals surface area contributed by atoms with Crippen LogP contribution in [-0.2, 0) is 26.5 Å². The first kappa shape index (κ1) is 103. The Morgan fingerprint density at radius 3 is 1.20 bits per heavy atom. The molecule has 0 aliphatic heterocycles. The van der Waals surface area contributed by atoms with E-state index < -0.39 is 28.2 Å². The van der Waals surface area contributed by atoms with Gasteiger partial charge in [-0.3, -0.25) is 40.1 Å². The first-order chi connectivity index (χ1) is 51.9. The van der Waals surface area contributed by atoms with Crippen LogP contribution >= 0.6 is 104 Å². The number of unbranched alkanes of at least 4 members (excludes halogenated alkanes) is 3. The molecule has 111 heavy (non-hydrogen) atoms. The van der Waals surface area contributed by atoms with Crippen LogP contribution in [0.25, 0.3) is 49.7 Å². The molecule has 11 rings (SSSR count). The van der Waals surface area contributed by atoms with E-state index >= 15 is 0 Å². The number of benzene rings is 7. The van der Waals surface area contributed by atoms with Gasteiger partial charge in [0, 0.05) is 124 Å². The molecule has 7 aromatic carbocycles. The van der Waals surface area contributed by atoms with Crippen molar-refractivity contribution in [1.29, 1.82) is 5.41 Å². The third kappa shape index (κ3) is 37.1. The molecule has 0 radical (unpaired) electrons. The van der Waals surface area contributed by atoms with Crippen molar-refractivity contribution in [3.63, 3.8) is 0 Å². The molecule has 0 fully saturated rings. The van der Waals surface area contributed by atoms with Crippen molar-refractivity contribution < 1.29 is 46.0 Å². The van der Waals surface area contributed by atoms with Crippen LogP contribution in [0.5, 0.6) is 0 Å². The molecule has 0 spiro atoms. The molecular formula is C76H91Cl7FeIN17O8Sn. The van der Waals surface area contributed by atoms with E-state index in [0.29, 0.717) is 65.3 Å². The topological polar surface area (TPSA) is 399 Å². The number of nitrogens with zero attached hydrogens (tertiary/aromatic N) is 11. The number of nitrogens with two attached hydrogens (primary N) is 5. The Morgan fingerprint density at radius 2 is 0.883 bits per heavy atom. The van der Waals surface area contributed by atoms with E-state index in [4.69, 9.17) is 113 Å². The number of carbonyl (C=O) groups excluding carboxylic acids is 2. The summed E-state index contributed by atoms with van der Waals surface area (Å²) in [6.07, 6.45) is 17.6. The van der Waals surface area contributed by atoms with Gasteiger partial charge in [0.1, 0.15) is 5.56 Å². The number of anilines is 3. The van der Waals surface area contributed by atoms with Crippen molar-refractivity contribution in [2.45, 2.75) is 93.4 Å². The van der Waals surface area contributed by atoms with Gasteiger partial charge in [-0.2, -0.15) is 0 Å². The second-order valence-corrected chi connectivity index (χ2v) is 39.9. The average Bonchev–Trinajstić information content (AvgIpc) is 0.844. The monoisotopic (exact) mass is 1920 g/mol. The molecule has 0 saturated heterocycles. The quantitative estimate of drug-likeness (QED) is 0.00444. The first-order valence-corrected chi connectivity index (χ1v) is 44.5. The number of carbonyl (C=O) groups is 2. The molecule has 0 bridgehead atoms. The van der Waals surface area contributed by atoms with Gasteiger partial charge in [-0.15, -0.1) is 0 Å². The molecule has 0 saturated carbocycles. The maximum Gasteiger partial charge on any atom is 0.281 e. The number of rotatable bonds is 18. The number of hydrogen-bond donors (Lipinski definition) is 6. The number of aldehydes is 2. The molecule has 0 aliphatic carbocycles. The van der Waals surface area contributed by atoms with Crippen LogP contribution in [-0.4, -0.2) is 126 Å². The van der Waals surface area contributed by atoms with E-state index in [1.54, 1.807) is 108 Å². The predicted octanol–water partition coefficient (Wildman–Crippen LogP) is 21.1. The molecule has 4 heterocycles. The van der Waals surface area contributed by atoms with Crippen LogP contribution in [0.3, 0.4) is 0 Å². The molecule has 11 aromatic rings. The van der Waals surface area contributed by atoms with Gasteiger partial charge in [0.15, 0.2) is 28.2 Å². The summed E-state index contributed by atoms with van der Waals surface area (Å²) in [5.74, 6) is 0.823. The van der Waals surface area contributed by atoms with Crippen molar-refractivity contribution in [3.8, 4) is 0 Å². The molecule has 0 atom stereocenters. The number of hydrogen-bond acceptors (Lipinski definition) is 21. The van der Waals surface area contributed by atoms with Crippen LogP contribution in [0.4, 0.5) is 29.0 Å². The minimum Gasteiger partial charge on any atom is -0.398 e. The zero-order valence-corrected chi connectivity index (χ0v) is 73.0. The SMILES string of the molecule is C.C=Cc1ncc2c(Cl)cccc2n1.C=[CH][Sn]([CH2]CCC)([CH2]CCC)[CH2]CCC.COC(OC)N(C)C.Cc1c(Cl)cccc1[N+](=O)[O-].Clc1cccc2nc(I)ncc12.N=C(N)N.Nc1cccc(Cl)c1C=O.Nc1ncc2c(Cl)cccc2n1.Nc1ncc2c(Cl)cccc2n1.O=Cc1c(Cl)cccc1[N+](=O)[O-].[Fe]. The second-order valence-electron chi connectivity index (χ2n) is 22.8. The van der Waals surface area contributed by atoms with E-state index in [-0.39, 0.29) is 70.7 Å². The Balaban J connectivity index is 0.00000122. The maximum absolute atomic E-state index is 10.4. The molecule has 0 unspecified atom stereocenters. The third-order valence-electron chi connectivity index (χ3n) is 14.8. The minimum absolute atomic E-state index is 0. The summed E-state index contributed by atoms with van der Waals surface area (Å²) >= 11 is 40.7. The van der Waals surface area contributed by atoms with Crippen molar-refractivity contribution in [2.75, 3.05) is 45.5 Å². The second kappa shape index (κ2) is 56.4. The van der Waals surface area contributed by atoms with Gasteiger partial charge in [0.25, 0.3) is 11.4 Å². The largest absolute Gasteiger partial charge is 0.398 e. The number of nitro groups is 2. The number of ether oxygens (including phenoxy) is 2. The summed E-state index contributed by atoms with van der Waals surface area (Å²) in [4.78, 5) is 74.4. The number of nitrogen functional groups attached to an aromatic ring is 3. The van der Waals surface area contributed by atoms with E-state index in [0.717, 1.165) is 47.4 Å². The fraction of sp³-hybridized carbons (Fsp3) is 0.250. The molecule has 4 aromatic heterocycles. The van der Waals surface area contributed by atoms with Crippen LogP contribution in [0.15, 0.2) is 169 Å². The molecule has 596 valence electrons. The van der Waals surface area contributed by atoms with Crippen molar-refractivity contribution >= 4 is 219 Å². The van der Waals surface area contributed by atoms with Gasteiger partial charge in [-0.05, 0) is 99.9 Å². The zero-order valence-electron chi connectivity index (χ0n) is 61.5. The van der Waals surface area contributed by atoms with Crippen molar-refractivity contribution in [1.82, 2.24) is 44.8 Å². The Labute approximate surface area is 710 Å². The maximum atomic E-state index is 10.4. The van der Waals surface area contributed by atoms with Crippen LogP contribution < -0.4 is 28.7 Å². The van der Waals surface area contributed by atoms with Crippen LogP contribution in [0.1, 0.15) is 98.8 Å². The van der Waals surface area contributed by atoms with Gasteiger partial charge in [0.05, 0.1) is 72.6 Å². The summed E-state index contributed by atoms with van der Waals surface area (Å²) < 4.78 is 17.6. The Morgan fingerprint density at radius 1 is 0.550 bits per heavy atom. The smallest absolute Gasteiger partial charge is 0.281 e. The summed E-state index contributed by atoms with van der Waals surface area (Å²) in [5.41, 5.74) is 29.5. The molecule has 25 nitrogen and oxygen atoms in total. The van der Waals surface area contributed by atoms with E-state index in [1.807, 2.05) is 79.7 Å². The fourth-order valence-corrected chi connectivity index (χ4v) is 24.1. The Kier molecular flexibility index (Phi) is 52.4. The number of fused-ring (bicyclic) bond motifs is 4. The van der Waals surface area contributed by atoms with E-state index in [9.17, 15) is 29.8 Å². The van der Waals surface area contributed by atoms with Crippen LogP contribution in [0, 0.1) is 36.4 Å². The number of halogens is 8. The van der Waals surface area contributed by atoms with Gasteiger partial charge in [0.2, 0.25) is 18.3 Å². The van der Waals surface area contributed by atoms with Crippen molar-refractivity contribution in [3.05, 3.63) is 251 Å². The first-order valence-electron chi connectivity index (χ1n) is 33.0. The number of aromatic nitrogens is 8. The predicted molar refractivity (Wildman–Crippen MR) is 467 cm³/mol.